The minimum atomic E-state index is -0.381. The lowest BCUT2D eigenvalue weighted by atomic mass is 10.1. The Morgan fingerprint density at radius 3 is 2.40 bits per heavy atom. The maximum Gasteiger partial charge on any atom is 0.261 e. The van der Waals surface area contributed by atoms with Gasteiger partial charge >= 0.3 is 0 Å². The van der Waals surface area contributed by atoms with E-state index in [9.17, 15) is 9.59 Å². The third-order valence-corrected chi connectivity index (χ3v) is 4.62. The molecule has 0 saturated carbocycles. The van der Waals surface area contributed by atoms with Crippen LogP contribution in [-0.2, 0) is 16.0 Å². The number of rotatable bonds is 12. The molecule has 0 radical (unpaired) electrons. The highest BCUT2D eigenvalue weighted by Gasteiger charge is 2.22. The molecular formula is C23H36N4O3. The van der Waals surface area contributed by atoms with Crippen LogP contribution in [-0.4, -0.2) is 62.4 Å². The summed E-state index contributed by atoms with van der Waals surface area (Å²) in [5.41, 5.74) is 2.08. The van der Waals surface area contributed by atoms with Crippen molar-refractivity contribution in [2.24, 2.45) is 4.99 Å². The van der Waals surface area contributed by atoms with Crippen LogP contribution < -0.4 is 15.4 Å². The molecular weight excluding hydrogens is 380 g/mol. The first-order chi connectivity index (χ1) is 14.4. The van der Waals surface area contributed by atoms with E-state index in [1.54, 1.807) is 20.3 Å². The zero-order valence-corrected chi connectivity index (χ0v) is 19.1. The number of allylic oxidation sites excluding steroid dienone is 1. The predicted octanol–water partition coefficient (Wildman–Crippen LogP) is 2.56. The minimum Gasteiger partial charge on any atom is -0.484 e. The van der Waals surface area contributed by atoms with Crippen LogP contribution >= 0.6 is 0 Å². The van der Waals surface area contributed by atoms with Gasteiger partial charge in [0.2, 0.25) is 5.91 Å². The van der Waals surface area contributed by atoms with Gasteiger partial charge in [0.1, 0.15) is 11.9 Å². The summed E-state index contributed by atoms with van der Waals surface area (Å²) in [5, 5.41) is 5.93. The summed E-state index contributed by atoms with van der Waals surface area (Å²) < 4.78 is 5.64. The Bertz CT molecular complexity index is 726. The highest BCUT2D eigenvalue weighted by Crippen LogP contribution is 2.14. The number of hydrogen-bond donors (Lipinski definition) is 2. The van der Waals surface area contributed by atoms with Gasteiger partial charge in [-0.3, -0.25) is 19.9 Å². The van der Waals surface area contributed by atoms with Gasteiger partial charge in [0.15, 0.2) is 6.61 Å². The number of likely N-dealkylation sites (N-methyl/N-ethyl adjacent to an activating group) is 1. The van der Waals surface area contributed by atoms with Crippen LogP contribution in [0.3, 0.4) is 0 Å². The van der Waals surface area contributed by atoms with Gasteiger partial charge in [0.25, 0.3) is 5.91 Å². The van der Waals surface area contributed by atoms with Gasteiger partial charge in [-0.15, -0.1) is 0 Å². The summed E-state index contributed by atoms with van der Waals surface area (Å²) in [4.78, 5) is 30.8. The molecule has 1 unspecified atom stereocenters. The van der Waals surface area contributed by atoms with E-state index < -0.39 is 0 Å². The molecule has 0 aliphatic heterocycles. The molecule has 0 fully saturated rings. The first-order valence-corrected chi connectivity index (χ1v) is 10.4. The zero-order chi connectivity index (χ0) is 22.5. The van der Waals surface area contributed by atoms with Gasteiger partial charge in [-0.1, -0.05) is 31.6 Å². The van der Waals surface area contributed by atoms with E-state index in [0.717, 1.165) is 18.4 Å². The van der Waals surface area contributed by atoms with Crippen molar-refractivity contribution >= 4 is 18.0 Å². The first kappa shape index (κ1) is 25.4. The Hall–Kier alpha value is -2.67. The number of carbonyl (C=O) groups excluding carboxylic acids is 2. The molecule has 0 aliphatic carbocycles. The van der Waals surface area contributed by atoms with Crippen molar-refractivity contribution in [2.45, 2.75) is 52.7 Å². The number of nitrogens with one attached hydrogen (secondary N) is 2. The van der Waals surface area contributed by atoms with Crippen molar-refractivity contribution in [2.75, 3.05) is 27.2 Å². The normalized spacial score (nSPS) is 12.8. The first-order valence-electron chi connectivity index (χ1n) is 10.4. The predicted molar refractivity (Wildman–Crippen MR) is 122 cm³/mol. The SMILES string of the molecule is C/C=C(\C=NC)C(NC)NC(=O)CN(C(=O)COc1ccc(CCC)cc1)C(C)C. The van der Waals surface area contributed by atoms with Gasteiger partial charge < -0.3 is 15.0 Å². The van der Waals surface area contributed by atoms with E-state index in [1.165, 1.54) is 10.5 Å². The molecule has 1 aromatic rings. The fourth-order valence-corrected chi connectivity index (χ4v) is 2.98. The number of hydrogen-bond acceptors (Lipinski definition) is 5. The van der Waals surface area contributed by atoms with Gasteiger partial charge in [-0.2, -0.15) is 0 Å². The van der Waals surface area contributed by atoms with Crippen LogP contribution in [0.1, 0.15) is 39.7 Å². The summed E-state index contributed by atoms with van der Waals surface area (Å²) in [5.74, 6) is 0.146. The average Bonchev–Trinajstić information content (AvgIpc) is 2.73. The average molecular weight is 417 g/mol. The molecule has 0 aromatic heterocycles. The van der Waals surface area contributed by atoms with Crippen LogP contribution in [0.15, 0.2) is 40.9 Å². The van der Waals surface area contributed by atoms with Crippen LogP contribution in [0.4, 0.5) is 0 Å². The van der Waals surface area contributed by atoms with Crippen LogP contribution in [0.5, 0.6) is 5.75 Å². The van der Waals surface area contributed by atoms with Crippen LogP contribution in [0.25, 0.3) is 0 Å². The molecule has 1 aromatic carbocycles. The molecule has 1 atom stereocenters. The molecule has 2 N–H and O–H groups in total. The van der Waals surface area contributed by atoms with Gasteiger partial charge in [-0.05, 0) is 51.9 Å². The largest absolute Gasteiger partial charge is 0.484 e. The minimum absolute atomic E-state index is 0.0479. The molecule has 7 nitrogen and oxygen atoms in total. The Morgan fingerprint density at radius 2 is 1.90 bits per heavy atom. The fraction of sp³-hybridized carbons (Fsp3) is 0.522. The lowest BCUT2D eigenvalue weighted by Gasteiger charge is -2.27. The lowest BCUT2D eigenvalue weighted by Crippen LogP contribution is -2.51. The van der Waals surface area contributed by atoms with Crippen molar-refractivity contribution in [3.8, 4) is 5.75 Å². The number of carbonyl (C=O) groups is 2. The highest BCUT2D eigenvalue weighted by atomic mass is 16.5. The Morgan fingerprint density at radius 1 is 1.23 bits per heavy atom. The van der Waals surface area contributed by atoms with Gasteiger partial charge in [-0.25, -0.2) is 0 Å². The molecule has 7 heteroatoms. The Labute approximate surface area is 180 Å². The third-order valence-electron chi connectivity index (χ3n) is 4.62. The maximum absolute atomic E-state index is 12.7. The second-order valence-corrected chi connectivity index (χ2v) is 7.26. The second-order valence-electron chi connectivity index (χ2n) is 7.26. The molecule has 2 amide bonds. The van der Waals surface area contributed by atoms with E-state index in [1.807, 2.05) is 51.1 Å². The quantitative estimate of drug-likeness (QED) is 0.405. The number of amides is 2. The molecule has 1 rings (SSSR count). The summed E-state index contributed by atoms with van der Waals surface area (Å²) in [6, 6.07) is 7.62. The molecule has 0 heterocycles. The number of nitrogens with zero attached hydrogens (tertiary/aromatic N) is 2. The van der Waals surface area contributed by atoms with Crippen molar-refractivity contribution in [1.29, 1.82) is 0 Å². The van der Waals surface area contributed by atoms with Crippen molar-refractivity contribution < 1.29 is 14.3 Å². The Balaban J connectivity index is 2.69. The standard InChI is InChI=1S/C23H36N4O3/c1-7-9-18-10-12-20(13-11-18)30-16-22(29)27(17(3)4)15-21(28)26-23(25-6)19(8-2)14-24-5/h8,10-14,17,23,25H,7,9,15-16H2,1-6H3,(H,26,28)/b19-8+,24-14?. The highest BCUT2D eigenvalue weighted by molar-refractivity contribution is 5.87. The van der Waals surface area contributed by atoms with Crippen LogP contribution in [0, 0.1) is 0 Å². The zero-order valence-electron chi connectivity index (χ0n) is 19.1. The van der Waals surface area contributed by atoms with E-state index in [0.29, 0.717) is 5.75 Å². The molecule has 30 heavy (non-hydrogen) atoms. The van der Waals surface area contributed by atoms with Crippen molar-refractivity contribution in [3.63, 3.8) is 0 Å². The number of ether oxygens (including phenoxy) is 1. The number of aryl methyl sites for hydroxylation is 1. The summed E-state index contributed by atoms with van der Waals surface area (Å²) in [6.07, 6.45) is 5.28. The molecule has 0 aliphatic rings. The summed E-state index contributed by atoms with van der Waals surface area (Å²) >= 11 is 0. The molecule has 166 valence electrons. The molecule has 0 spiro atoms. The Kier molecular flexibility index (Phi) is 11.4. The summed E-state index contributed by atoms with van der Waals surface area (Å²) in [7, 11) is 3.43. The van der Waals surface area contributed by atoms with Crippen molar-refractivity contribution in [1.82, 2.24) is 15.5 Å². The van der Waals surface area contributed by atoms with Gasteiger partial charge in [0.05, 0.1) is 6.54 Å². The van der Waals surface area contributed by atoms with E-state index in [2.05, 4.69) is 22.5 Å². The van der Waals surface area contributed by atoms with E-state index in [-0.39, 0.29) is 37.2 Å². The monoisotopic (exact) mass is 416 g/mol. The van der Waals surface area contributed by atoms with E-state index >= 15 is 0 Å². The summed E-state index contributed by atoms with van der Waals surface area (Å²) in [6.45, 7) is 7.60. The van der Waals surface area contributed by atoms with Crippen molar-refractivity contribution in [3.05, 3.63) is 41.5 Å². The lowest BCUT2D eigenvalue weighted by molar-refractivity contribution is -0.139. The third kappa shape index (κ3) is 8.37. The van der Waals surface area contributed by atoms with Crippen LogP contribution in [0.2, 0.25) is 0 Å². The van der Waals surface area contributed by atoms with Gasteiger partial charge in [0, 0.05) is 24.9 Å². The molecule has 0 bridgehead atoms. The smallest absolute Gasteiger partial charge is 0.261 e. The second kappa shape index (κ2) is 13.5. The van der Waals surface area contributed by atoms with E-state index in [4.69, 9.17) is 4.74 Å². The maximum atomic E-state index is 12.7. The fourth-order valence-electron chi connectivity index (χ4n) is 2.98. The number of aliphatic imine (C=N–C) groups is 1. The molecule has 0 saturated heterocycles. The number of benzene rings is 1. The topological polar surface area (TPSA) is 83.0 Å².